The third-order valence-electron chi connectivity index (χ3n) is 1.75. The molecule has 0 bridgehead atoms. The first kappa shape index (κ1) is 11.2. The highest BCUT2D eigenvalue weighted by Crippen LogP contribution is 2.10. The first-order valence-electron chi connectivity index (χ1n) is 4.59. The van der Waals surface area contributed by atoms with E-state index in [9.17, 15) is 0 Å². The molecule has 1 heterocycles. The van der Waals surface area contributed by atoms with E-state index in [2.05, 4.69) is 33.4 Å². The number of hydrogen-bond acceptors (Lipinski definition) is 2. The van der Waals surface area contributed by atoms with E-state index in [4.69, 9.17) is 4.74 Å². The Hall–Kier alpha value is 0.140. The fourth-order valence-corrected chi connectivity index (χ4v) is 2.08. The van der Waals surface area contributed by atoms with Crippen molar-refractivity contribution in [3.8, 4) is 0 Å². The van der Waals surface area contributed by atoms with Gasteiger partial charge in [-0.15, -0.1) is 11.3 Å². The molecule has 1 aromatic rings. The molecule has 0 unspecified atom stereocenters. The molecule has 0 saturated heterocycles. The molecule has 74 valence electrons. The van der Waals surface area contributed by atoms with E-state index < -0.39 is 0 Å². The van der Waals surface area contributed by atoms with E-state index in [0.29, 0.717) is 0 Å². The van der Waals surface area contributed by atoms with E-state index in [1.54, 1.807) is 11.3 Å². The molecule has 0 N–H and O–H groups in total. The number of ether oxygens (including phenoxy) is 1. The lowest BCUT2D eigenvalue weighted by Gasteiger charge is -2.01. The molecule has 0 spiro atoms. The monoisotopic (exact) mass is 262 g/mol. The maximum Gasteiger partial charge on any atom is 0.0809 e. The predicted molar refractivity (Wildman–Crippen MR) is 61.6 cm³/mol. The van der Waals surface area contributed by atoms with Crippen molar-refractivity contribution in [1.82, 2.24) is 0 Å². The predicted octanol–water partition coefficient (Wildman–Crippen LogP) is 3.83. The Balaban J connectivity index is 1.90. The second-order valence-electron chi connectivity index (χ2n) is 2.88. The fourth-order valence-electron chi connectivity index (χ4n) is 1.04. The Morgan fingerprint density at radius 3 is 2.92 bits per heavy atom. The van der Waals surface area contributed by atoms with Gasteiger partial charge in [-0.1, -0.05) is 28.4 Å². The number of halogens is 1. The molecule has 0 aliphatic rings. The highest BCUT2D eigenvalue weighted by Gasteiger charge is 1.93. The zero-order valence-corrected chi connectivity index (χ0v) is 10.1. The number of unbranched alkanes of at least 4 members (excludes halogenated alkanes) is 2. The number of thiophene rings is 1. The van der Waals surface area contributed by atoms with E-state index >= 15 is 0 Å². The first-order valence-corrected chi connectivity index (χ1v) is 6.59. The molecule has 1 nitrogen and oxygen atoms in total. The largest absolute Gasteiger partial charge is 0.376 e. The van der Waals surface area contributed by atoms with Crippen molar-refractivity contribution >= 4 is 27.3 Å². The Bertz CT molecular complexity index is 199. The quantitative estimate of drug-likeness (QED) is 0.536. The molecule has 0 aliphatic carbocycles. The number of hydrogen-bond donors (Lipinski definition) is 0. The van der Waals surface area contributed by atoms with Crippen LogP contribution in [0.3, 0.4) is 0 Å². The minimum absolute atomic E-state index is 0.784. The zero-order chi connectivity index (χ0) is 9.36. The molecule has 0 radical (unpaired) electrons. The van der Waals surface area contributed by atoms with Crippen LogP contribution in [0.15, 0.2) is 17.5 Å². The standard InChI is InChI=1S/C10H15BrOS/c11-6-2-1-3-7-12-9-10-5-4-8-13-10/h4-5,8H,1-3,6-7,9H2. The van der Waals surface area contributed by atoms with Crippen molar-refractivity contribution in [2.75, 3.05) is 11.9 Å². The van der Waals surface area contributed by atoms with E-state index in [-0.39, 0.29) is 0 Å². The van der Waals surface area contributed by atoms with Crippen LogP contribution in [0.4, 0.5) is 0 Å². The van der Waals surface area contributed by atoms with Crippen molar-refractivity contribution < 1.29 is 4.74 Å². The first-order chi connectivity index (χ1) is 6.43. The summed E-state index contributed by atoms with van der Waals surface area (Å²) in [5, 5.41) is 3.20. The summed E-state index contributed by atoms with van der Waals surface area (Å²) in [5.41, 5.74) is 0. The van der Waals surface area contributed by atoms with Crippen LogP contribution in [0, 0.1) is 0 Å². The van der Waals surface area contributed by atoms with Gasteiger partial charge in [0, 0.05) is 16.8 Å². The molecule has 0 fully saturated rings. The van der Waals surface area contributed by atoms with Gasteiger partial charge in [0.15, 0.2) is 0 Å². The molecule has 1 rings (SSSR count). The summed E-state index contributed by atoms with van der Waals surface area (Å²) in [4.78, 5) is 1.32. The summed E-state index contributed by atoms with van der Waals surface area (Å²) in [7, 11) is 0. The highest BCUT2D eigenvalue weighted by atomic mass is 79.9. The molecule has 0 aromatic carbocycles. The lowest BCUT2D eigenvalue weighted by atomic mass is 10.3. The maximum atomic E-state index is 5.52. The van der Waals surface area contributed by atoms with Crippen LogP contribution in [-0.2, 0) is 11.3 Å². The minimum atomic E-state index is 0.784. The van der Waals surface area contributed by atoms with Gasteiger partial charge >= 0.3 is 0 Å². The SMILES string of the molecule is BrCCCCCOCc1cccs1. The molecule has 13 heavy (non-hydrogen) atoms. The Labute approximate surface area is 92.2 Å². The third-order valence-corrected chi connectivity index (χ3v) is 3.16. The minimum Gasteiger partial charge on any atom is -0.376 e. The summed E-state index contributed by atoms with van der Waals surface area (Å²) in [6, 6.07) is 4.18. The summed E-state index contributed by atoms with van der Waals surface area (Å²) in [6.07, 6.45) is 3.69. The number of rotatable bonds is 7. The lowest BCUT2D eigenvalue weighted by Crippen LogP contribution is -1.93. The Morgan fingerprint density at radius 2 is 2.23 bits per heavy atom. The second kappa shape index (κ2) is 7.54. The van der Waals surface area contributed by atoms with Gasteiger partial charge in [0.05, 0.1) is 6.61 Å². The van der Waals surface area contributed by atoms with E-state index in [1.807, 2.05) is 0 Å². The Kier molecular flexibility index (Phi) is 6.50. The molecule has 0 amide bonds. The zero-order valence-electron chi connectivity index (χ0n) is 7.67. The van der Waals surface area contributed by atoms with Crippen molar-refractivity contribution in [2.45, 2.75) is 25.9 Å². The van der Waals surface area contributed by atoms with Crippen LogP contribution in [0.5, 0.6) is 0 Å². The normalized spacial score (nSPS) is 10.5. The van der Waals surface area contributed by atoms with Crippen molar-refractivity contribution in [3.05, 3.63) is 22.4 Å². The molecule has 1 aromatic heterocycles. The average Bonchev–Trinajstić information content (AvgIpc) is 2.63. The summed E-state index contributed by atoms with van der Waals surface area (Å²) < 4.78 is 5.52. The van der Waals surface area contributed by atoms with E-state index in [1.165, 1.54) is 24.1 Å². The maximum absolute atomic E-state index is 5.52. The van der Waals surface area contributed by atoms with Crippen LogP contribution in [-0.4, -0.2) is 11.9 Å². The smallest absolute Gasteiger partial charge is 0.0809 e. The lowest BCUT2D eigenvalue weighted by molar-refractivity contribution is 0.119. The van der Waals surface area contributed by atoms with Gasteiger partial charge in [-0.2, -0.15) is 0 Å². The summed E-state index contributed by atoms with van der Waals surface area (Å²) in [5.74, 6) is 0. The second-order valence-corrected chi connectivity index (χ2v) is 4.71. The molecule has 0 aliphatic heterocycles. The van der Waals surface area contributed by atoms with Crippen LogP contribution < -0.4 is 0 Å². The summed E-state index contributed by atoms with van der Waals surface area (Å²) in [6.45, 7) is 1.68. The van der Waals surface area contributed by atoms with E-state index in [0.717, 1.165) is 18.5 Å². The van der Waals surface area contributed by atoms with Gasteiger partial charge in [-0.25, -0.2) is 0 Å². The van der Waals surface area contributed by atoms with Gasteiger partial charge < -0.3 is 4.74 Å². The van der Waals surface area contributed by atoms with Crippen molar-refractivity contribution in [3.63, 3.8) is 0 Å². The molecule has 0 saturated carbocycles. The van der Waals surface area contributed by atoms with Crippen LogP contribution in [0.1, 0.15) is 24.1 Å². The highest BCUT2D eigenvalue weighted by molar-refractivity contribution is 9.09. The molecular weight excluding hydrogens is 248 g/mol. The molecule has 0 atom stereocenters. The molecular formula is C10H15BrOS. The fraction of sp³-hybridized carbons (Fsp3) is 0.600. The van der Waals surface area contributed by atoms with Crippen molar-refractivity contribution in [2.24, 2.45) is 0 Å². The Morgan fingerprint density at radius 1 is 1.31 bits per heavy atom. The average molecular weight is 263 g/mol. The van der Waals surface area contributed by atoms with Crippen LogP contribution >= 0.6 is 27.3 Å². The summed E-state index contributed by atoms with van der Waals surface area (Å²) >= 11 is 5.17. The molecule has 3 heteroatoms. The van der Waals surface area contributed by atoms with Crippen molar-refractivity contribution in [1.29, 1.82) is 0 Å². The van der Waals surface area contributed by atoms with Crippen LogP contribution in [0.25, 0.3) is 0 Å². The van der Waals surface area contributed by atoms with Gasteiger partial charge in [0.2, 0.25) is 0 Å². The number of alkyl halides is 1. The van der Waals surface area contributed by atoms with Gasteiger partial charge in [-0.3, -0.25) is 0 Å². The van der Waals surface area contributed by atoms with Gasteiger partial charge in [-0.05, 0) is 24.3 Å². The third kappa shape index (κ3) is 5.45. The van der Waals surface area contributed by atoms with Crippen LogP contribution in [0.2, 0.25) is 0 Å². The van der Waals surface area contributed by atoms with Gasteiger partial charge in [0.1, 0.15) is 0 Å². The topological polar surface area (TPSA) is 9.23 Å². The van der Waals surface area contributed by atoms with Gasteiger partial charge in [0.25, 0.3) is 0 Å².